The predicted octanol–water partition coefficient (Wildman–Crippen LogP) is 6.81. The van der Waals surface area contributed by atoms with Crippen molar-refractivity contribution in [2.75, 3.05) is 38.5 Å². The van der Waals surface area contributed by atoms with E-state index in [9.17, 15) is 79.4 Å². The summed E-state index contributed by atoms with van der Waals surface area (Å²) in [6.07, 6.45) is 10.4. The number of aliphatic carboxylic acids is 2. The van der Waals surface area contributed by atoms with Crippen molar-refractivity contribution < 1.29 is 79.3 Å². The Kier molecular flexibility index (Phi) is 25.9. The van der Waals surface area contributed by atoms with E-state index in [-0.39, 0.29) is 163 Å². The maximum atomic E-state index is 14.8. The maximum Gasteiger partial charge on any atom is 0.322 e. The Hall–Kier alpha value is -4.67. The topological polar surface area (TPSA) is 402 Å². The van der Waals surface area contributed by atoms with E-state index in [1.165, 1.54) is 23.1 Å². The van der Waals surface area contributed by atoms with Crippen LogP contribution in [-0.2, 0) is 28.8 Å². The Labute approximate surface area is 585 Å². The molecule has 8 saturated carbocycles. The first-order valence-electron chi connectivity index (χ1n) is 36.6. The molecule has 9 rings (SSSR count). The SMILES string of the molecule is C[C@H](CCC(=O)NCCCCN(CCCNC(=O)CC[C@@H](C)[C@H]1CC[C@H]2[C@@H]3[C@H](O)C[C@@H]4C[C@H](O)CC[C@]4(C)[C@H]3C[C@H](O)[C@]12C)C(=O)c1cc(SSC[C@H](NC(=O)CC[C@H](N)C(=O)O)C(=O)NCC(=O)O)ccc1[N+](=O)[O-])[C@H]1CC[C@H]2[C@@H]3[C@H](O)C[C@@H]4C[C@H](O)CC[C@]4(C)[C@H]3C[C@H](O)[C@]12C. The normalized spacial score (nSPS) is 36.6. The van der Waals surface area contributed by atoms with Crippen molar-refractivity contribution in [2.24, 2.45) is 98.4 Å². The van der Waals surface area contributed by atoms with Crippen molar-refractivity contribution in [3.8, 4) is 0 Å². The molecule has 26 heteroatoms. The average molecular weight is 1410 g/mol. The van der Waals surface area contributed by atoms with E-state index in [4.69, 9.17) is 10.8 Å². The molecular formula is C72H113N7O17S2. The molecule has 550 valence electrons. The van der Waals surface area contributed by atoms with Crippen LogP contribution in [0.5, 0.6) is 0 Å². The van der Waals surface area contributed by atoms with Crippen LogP contribution in [0.4, 0.5) is 5.69 Å². The number of nitrogens with two attached hydrogens (primary N) is 1. The van der Waals surface area contributed by atoms with Crippen LogP contribution in [0.2, 0.25) is 0 Å². The number of carboxylic acids is 2. The Morgan fingerprint density at radius 1 is 0.643 bits per heavy atom. The predicted molar refractivity (Wildman–Crippen MR) is 369 cm³/mol. The van der Waals surface area contributed by atoms with Gasteiger partial charge in [-0.25, -0.2) is 0 Å². The zero-order chi connectivity index (χ0) is 71.3. The van der Waals surface area contributed by atoms with Crippen molar-refractivity contribution in [2.45, 2.75) is 243 Å². The van der Waals surface area contributed by atoms with Gasteiger partial charge < -0.3 is 72.8 Å². The summed E-state index contributed by atoms with van der Waals surface area (Å²) >= 11 is 0. The summed E-state index contributed by atoms with van der Waals surface area (Å²) in [5.74, 6) is -3.51. The number of amides is 5. The number of carbonyl (C=O) groups excluding carboxylic acids is 5. The highest BCUT2D eigenvalue weighted by Gasteiger charge is 2.68. The lowest BCUT2D eigenvalue weighted by Crippen LogP contribution is -2.62. The standard InChI is InChI=1S/C72H113N7O17S2/c1-39(47-13-15-49-64-51(35-58(84)71(47,49)5)69(3)24-22-43(80)30-41(69)32-56(64)82)10-19-60(86)74-26-7-8-28-78(67(92)46-34-45(12-18-55(46)79(95)96)98-97-38-54(66(91)76-37-63(89)90)77-62(88)21-17-53(73)68(93)94)29-9-27-75-61(87)20-11-40(2)48-14-16-50-65-52(36-59(85)72(48,50)6)70(4)25-23-44(81)31-42(70)33-57(65)83/h12,18,34,39-44,47-54,56-59,64-65,80-85H,7-11,13-17,19-33,35-38,73H2,1-6H3,(H,74,86)(H,75,87)(H,76,91)(H,77,88)(H,89,90)(H,93,94)/t39-,40-,41+,42+,43-,44-,47-,48-,49+,50+,51+,52+,53+,54+,56-,57-,58+,59+,64+,65+,69+,70+,71-,72-/m1/s1. The molecule has 8 aliphatic carbocycles. The van der Waals surface area contributed by atoms with Crippen LogP contribution in [0.3, 0.4) is 0 Å². The molecule has 0 aliphatic heterocycles. The summed E-state index contributed by atoms with van der Waals surface area (Å²) < 4.78 is 0. The lowest BCUT2D eigenvalue weighted by atomic mass is 9.43. The van der Waals surface area contributed by atoms with E-state index in [1.807, 2.05) is 0 Å². The van der Waals surface area contributed by atoms with E-state index in [2.05, 4.69) is 62.8 Å². The van der Waals surface area contributed by atoms with Crippen molar-refractivity contribution in [1.29, 1.82) is 0 Å². The molecule has 8 aliphatic rings. The first-order valence-corrected chi connectivity index (χ1v) is 38.9. The van der Waals surface area contributed by atoms with Gasteiger partial charge in [-0.2, -0.15) is 0 Å². The monoisotopic (exact) mass is 1410 g/mol. The third-order valence-electron chi connectivity index (χ3n) is 26.9. The quantitative estimate of drug-likeness (QED) is 0.0157. The number of hydrogen-bond acceptors (Lipinski definition) is 18. The molecule has 8 fully saturated rings. The van der Waals surface area contributed by atoms with Gasteiger partial charge in [-0.3, -0.25) is 43.7 Å². The highest BCUT2D eigenvalue weighted by molar-refractivity contribution is 8.76. The minimum atomic E-state index is -1.34. The summed E-state index contributed by atoms with van der Waals surface area (Å²) in [6.45, 7) is 13.3. The maximum absolute atomic E-state index is 14.8. The van der Waals surface area contributed by atoms with Gasteiger partial charge in [0.15, 0.2) is 0 Å². The number of fused-ring (bicyclic) bond motifs is 10. The molecule has 98 heavy (non-hydrogen) atoms. The summed E-state index contributed by atoms with van der Waals surface area (Å²) in [7, 11) is 2.07. The second-order valence-electron chi connectivity index (χ2n) is 32.2. The molecule has 0 bridgehead atoms. The largest absolute Gasteiger partial charge is 0.480 e. The molecule has 0 unspecified atom stereocenters. The number of hydrogen-bond donors (Lipinski definition) is 13. The summed E-state index contributed by atoms with van der Waals surface area (Å²) in [5.41, 5.74) is 3.96. The Morgan fingerprint density at radius 2 is 1.14 bits per heavy atom. The number of rotatable bonds is 31. The summed E-state index contributed by atoms with van der Waals surface area (Å²) in [5, 5.41) is 111. The van der Waals surface area contributed by atoms with Gasteiger partial charge in [0.1, 0.15) is 24.2 Å². The molecule has 24 atom stereocenters. The van der Waals surface area contributed by atoms with Crippen LogP contribution in [0.1, 0.15) is 200 Å². The van der Waals surface area contributed by atoms with Crippen LogP contribution < -0.4 is 27.0 Å². The van der Waals surface area contributed by atoms with Gasteiger partial charge in [-0.05, 0) is 233 Å². The third kappa shape index (κ3) is 16.7. The van der Waals surface area contributed by atoms with Gasteiger partial charge in [-0.1, -0.05) is 63.1 Å². The first-order chi connectivity index (χ1) is 46.3. The molecule has 5 amide bonds. The highest BCUT2D eigenvalue weighted by Crippen LogP contribution is 2.70. The lowest BCUT2D eigenvalue weighted by molar-refractivity contribution is -0.385. The first kappa shape index (κ1) is 77.5. The van der Waals surface area contributed by atoms with E-state index >= 15 is 0 Å². The minimum Gasteiger partial charge on any atom is -0.480 e. The second kappa shape index (κ2) is 32.8. The van der Waals surface area contributed by atoms with E-state index in [1.54, 1.807) is 0 Å². The zero-order valence-electron chi connectivity index (χ0n) is 58.3. The minimum absolute atomic E-state index is 0.0342. The van der Waals surface area contributed by atoms with Crippen molar-refractivity contribution in [1.82, 2.24) is 26.2 Å². The zero-order valence-corrected chi connectivity index (χ0v) is 60.0. The van der Waals surface area contributed by atoms with E-state index < -0.39 is 94.1 Å². The fourth-order valence-corrected chi connectivity index (χ4v) is 23.6. The fraction of sp³-hybridized carbons (Fsp3) is 0.819. The number of nitrogens with zero attached hydrogens (tertiary/aromatic N) is 2. The molecular weight excluding hydrogens is 1300 g/mol. The Bertz CT molecular complexity index is 3030. The molecule has 0 heterocycles. The Balaban J connectivity index is 0.802. The van der Waals surface area contributed by atoms with Crippen LogP contribution in [0, 0.1) is 103 Å². The molecule has 14 N–H and O–H groups in total. The average Bonchev–Trinajstić information content (AvgIpc) is 1.36. The second-order valence-corrected chi connectivity index (χ2v) is 34.6. The third-order valence-corrected chi connectivity index (χ3v) is 29.3. The summed E-state index contributed by atoms with van der Waals surface area (Å²) in [4.78, 5) is 104. The van der Waals surface area contributed by atoms with Crippen LogP contribution in [0.15, 0.2) is 23.1 Å². The van der Waals surface area contributed by atoms with Crippen molar-refractivity contribution >= 4 is 68.7 Å². The molecule has 0 spiro atoms. The molecule has 1 aromatic rings. The van der Waals surface area contributed by atoms with Gasteiger partial charge >= 0.3 is 11.9 Å². The van der Waals surface area contributed by atoms with Gasteiger partial charge in [0.05, 0.1) is 41.5 Å². The van der Waals surface area contributed by atoms with Crippen LogP contribution in [0.25, 0.3) is 0 Å². The van der Waals surface area contributed by atoms with Crippen LogP contribution in [-0.4, -0.2) is 179 Å². The number of nitrogens with one attached hydrogen (secondary N) is 4. The number of nitro groups is 1. The highest BCUT2D eigenvalue weighted by atomic mass is 33.1. The van der Waals surface area contributed by atoms with Gasteiger partial charge in [0.2, 0.25) is 23.6 Å². The molecule has 1 aromatic carbocycles. The number of aliphatic hydroxyl groups excluding tert-OH is 6. The molecule has 0 saturated heterocycles. The molecule has 24 nitrogen and oxygen atoms in total. The van der Waals surface area contributed by atoms with Crippen LogP contribution >= 0.6 is 21.6 Å². The number of aliphatic hydroxyl groups is 6. The smallest absolute Gasteiger partial charge is 0.322 e. The molecule has 0 radical (unpaired) electrons. The lowest BCUT2D eigenvalue weighted by Gasteiger charge is -2.63. The van der Waals surface area contributed by atoms with Gasteiger partial charge in [-0.15, -0.1) is 0 Å². The van der Waals surface area contributed by atoms with Gasteiger partial charge in [0.25, 0.3) is 11.6 Å². The number of nitro benzene ring substituents is 1. The number of benzene rings is 1. The number of carbonyl (C=O) groups is 7. The summed E-state index contributed by atoms with van der Waals surface area (Å²) in [6, 6.07) is 1.37. The van der Waals surface area contributed by atoms with Crippen molar-refractivity contribution in [3.63, 3.8) is 0 Å². The molecule has 0 aromatic heterocycles. The van der Waals surface area contributed by atoms with E-state index in [0.29, 0.717) is 82.1 Å². The van der Waals surface area contributed by atoms with E-state index in [0.717, 1.165) is 73.0 Å². The van der Waals surface area contributed by atoms with Gasteiger partial charge in [0, 0.05) is 62.2 Å². The Morgan fingerprint density at radius 3 is 1.64 bits per heavy atom. The fourth-order valence-electron chi connectivity index (χ4n) is 21.4. The number of carboxylic acid groups (broad SMARTS) is 2. The number of unbranched alkanes of at least 4 members (excludes halogenated alkanes) is 1. The van der Waals surface area contributed by atoms with Crippen molar-refractivity contribution in [3.05, 3.63) is 33.9 Å².